The predicted molar refractivity (Wildman–Crippen MR) is 61.8 cm³/mol. The SMILES string of the molecule is Cc1cc(N/C=C(/C#N)C(=O)NC(C)C)no1. The van der Waals surface area contributed by atoms with Crippen molar-refractivity contribution in [2.24, 2.45) is 0 Å². The third-order valence-electron chi connectivity index (χ3n) is 1.78. The summed E-state index contributed by atoms with van der Waals surface area (Å²) in [4.78, 5) is 11.5. The standard InChI is InChI=1S/C11H14N4O2/c1-7(2)14-11(16)9(5-12)6-13-10-4-8(3)17-15-10/h4,6-7H,1-3H3,(H,13,15)(H,14,16)/b9-6-. The zero-order chi connectivity index (χ0) is 12.8. The van der Waals surface area contributed by atoms with Crippen molar-refractivity contribution in [2.45, 2.75) is 26.8 Å². The maximum Gasteiger partial charge on any atom is 0.263 e. The number of carbonyl (C=O) groups excluding carboxylic acids is 1. The van der Waals surface area contributed by atoms with Crippen molar-refractivity contribution in [3.63, 3.8) is 0 Å². The highest BCUT2D eigenvalue weighted by molar-refractivity contribution is 5.97. The molecule has 1 rings (SSSR count). The van der Waals surface area contributed by atoms with Gasteiger partial charge in [-0.1, -0.05) is 5.16 Å². The van der Waals surface area contributed by atoms with Crippen molar-refractivity contribution in [2.75, 3.05) is 5.32 Å². The minimum Gasteiger partial charge on any atom is -0.360 e. The van der Waals surface area contributed by atoms with Gasteiger partial charge in [-0.15, -0.1) is 0 Å². The van der Waals surface area contributed by atoms with Crippen LogP contribution in [0.2, 0.25) is 0 Å². The quantitative estimate of drug-likeness (QED) is 0.605. The van der Waals surface area contributed by atoms with E-state index in [9.17, 15) is 4.79 Å². The van der Waals surface area contributed by atoms with E-state index in [4.69, 9.17) is 9.78 Å². The highest BCUT2D eigenvalue weighted by atomic mass is 16.5. The Morgan fingerprint density at radius 3 is 2.82 bits per heavy atom. The summed E-state index contributed by atoms with van der Waals surface area (Å²) in [7, 11) is 0. The summed E-state index contributed by atoms with van der Waals surface area (Å²) in [6.07, 6.45) is 1.30. The largest absolute Gasteiger partial charge is 0.360 e. The summed E-state index contributed by atoms with van der Waals surface area (Å²) < 4.78 is 4.83. The molecular weight excluding hydrogens is 220 g/mol. The first-order valence-electron chi connectivity index (χ1n) is 5.14. The first-order chi connectivity index (χ1) is 8.02. The van der Waals surface area contributed by atoms with Gasteiger partial charge in [0.05, 0.1) is 0 Å². The molecule has 1 heterocycles. The molecule has 0 saturated carbocycles. The summed E-state index contributed by atoms with van der Waals surface area (Å²) in [6, 6.07) is 3.45. The molecule has 0 aliphatic heterocycles. The second-order valence-electron chi connectivity index (χ2n) is 3.77. The van der Waals surface area contributed by atoms with Crippen molar-refractivity contribution in [1.29, 1.82) is 5.26 Å². The van der Waals surface area contributed by atoms with Crippen LogP contribution in [0.4, 0.5) is 5.82 Å². The van der Waals surface area contributed by atoms with E-state index < -0.39 is 5.91 Å². The number of hydrogen-bond acceptors (Lipinski definition) is 5. The molecule has 90 valence electrons. The Kier molecular flexibility index (Phi) is 4.29. The number of anilines is 1. The summed E-state index contributed by atoms with van der Waals surface area (Å²) in [5.74, 6) is 0.675. The van der Waals surface area contributed by atoms with E-state index in [1.165, 1.54) is 6.20 Å². The molecule has 0 aliphatic rings. The van der Waals surface area contributed by atoms with E-state index in [-0.39, 0.29) is 11.6 Å². The maximum absolute atomic E-state index is 11.5. The minimum atomic E-state index is -0.421. The van der Waals surface area contributed by atoms with Gasteiger partial charge >= 0.3 is 0 Å². The molecule has 6 heteroatoms. The minimum absolute atomic E-state index is 0.0145. The van der Waals surface area contributed by atoms with Gasteiger partial charge in [-0.25, -0.2) is 0 Å². The van der Waals surface area contributed by atoms with Crippen molar-refractivity contribution >= 4 is 11.7 Å². The van der Waals surface area contributed by atoms with Crippen LogP contribution in [0.15, 0.2) is 22.4 Å². The molecule has 0 aromatic carbocycles. The number of nitrogens with one attached hydrogen (secondary N) is 2. The van der Waals surface area contributed by atoms with E-state index in [1.807, 2.05) is 19.9 Å². The maximum atomic E-state index is 11.5. The van der Waals surface area contributed by atoms with Gasteiger partial charge in [0.1, 0.15) is 17.4 Å². The summed E-state index contributed by atoms with van der Waals surface area (Å²) in [6.45, 7) is 5.39. The molecule has 2 N–H and O–H groups in total. The molecular formula is C11H14N4O2. The van der Waals surface area contributed by atoms with E-state index in [1.54, 1.807) is 13.0 Å². The molecule has 6 nitrogen and oxygen atoms in total. The molecule has 0 bridgehead atoms. The summed E-state index contributed by atoms with van der Waals surface area (Å²) in [5.41, 5.74) is -0.0145. The second-order valence-corrected chi connectivity index (χ2v) is 3.77. The number of carbonyl (C=O) groups is 1. The van der Waals surface area contributed by atoms with Gasteiger partial charge in [-0.05, 0) is 20.8 Å². The van der Waals surface area contributed by atoms with Crippen LogP contribution in [0.25, 0.3) is 0 Å². The van der Waals surface area contributed by atoms with E-state index in [2.05, 4.69) is 15.8 Å². The molecule has 1 aromatic heterocycles. The summed E-state index contributed by atoms with van der Waals surface area (Å²) >= 11 is 0. The topological polar surface area (TPSA) is 91.0 Å². The predicted octanol–water partition coefficient (Wildman–Crippen LogP) is 1.33. The molecule has 1 amide bonds. The van der Waals surface area contributed by atoms with Gasteiger partial charge in [0, 0.05) is 18.3 Å². The van der Waals surface area contributed by atoms with E-state index in [0.29, 0.717) is 11.6 Å². The third kappa shape index (κ3) is 3.99. The van der Waals surface area contributed by atoms with Crippen molar-refractivity contribution in [3.8, 4) is 6.07 Å². The number of aryl methyl sites for hydroxylation is 1. The van der Waals surface area contributed by atoms with Gasteiger partial charge in [-0.2, -0.15) is 5.26 Å². The Morgan fingerprint density at radius 2 is 2.35 bits per heavy atom. The molecule has 0 unspecified atom stereocenters. The molecule has 0 atom stereocenters. The molecule has 17 heavy (non-hydrogen) atoms. The fourth-order valence-electron chi connectivity index (χ4n) is 1.07. The zero-order valence-corrected chi connectivity index (χ0v) is 9.94. The van der Waals surface area contributed by atoms with Crippen LogP contribution in [-0.2, 0) is 4.79 Å². The van der Waals surface area contributed by atoms with Crippen LogP contribution in [0.3, 0.4) is 0 Å². The van der Waals surface area contributed by atoms with Gasteiger partial charge in [0.2, 0.25) is 0 Å². The number of nitrogens with zero attached hydrogens (tertiary/aromatic N) is 2. The lowest BCUT2D eigenvalue weighted by atomic mass is 10.2. The smallest absolute Gasteiger partial charge is 0.263 e. The Bertz CT molecular complexity index is 468. The van der Waals surface area contributed by atoms with Crippen LogP contribution >= 0.6 is 0 Å². The monoisotopic (exact) mass is 234 g/mol. The van der Waals surface area contributed by atoms with Crippen molar-refractivity contribution in [3.05, 3.63) is 23.6 Å². The number of amides is 1. The van der Waals surface area contributed by atoms with Gasteiger partial charge < -0.3 is 15.2 Å². The Morgan fingerprint density at radius 1 is 1.65 bits per heavy atom. The van der Waals surface area contributed by atoms with Crippen LogP contribution in [0.1, 0.15) is 19.6 Å². The molecule has 0 spiro atoms. The average molecular weight is 234 g/mol. The lowest BCUT2D eigenvalue weighted by Gasteiger charge is -2.06. The molecule has 0 radical (unpaired) electrons. The van der Waals surface area contributed by atoms with Crippen LogP contribution in [0.5, 0.6) is 0 Å². The van der Waals surface area contributed by atoms with Gasteiger partial charge in [0.15, 0.2) is 5.82 Å². The number of nitriles is 1. The lowest BCUT2D eigenvalue weighted by molar-refractivity contribution is -0.117. The lowest BCUT2D eigenvalue weighted by Crippen LogP contribution is -2.31. The summed E-state index contributed by atoms with van der Waals surface area (Å²) in [5, 5.41) is 17.8. The van der Waals surface area contributed by atoms with Crippen LogP contribution in [-0.4, -0.2) is 17.1 Å². The Balaban J connectivity index is 2.68. The fraction of sp³-hybridized carbons (Fsp3) is 0.364. The molecule has 0 saturated heterocycles. The van der Waals surface area contributed by atoms with Gasteiger partial charge in [-0.3, -0.25) is 4.79 Å². The number of aromatic nitrogens is 1. The molecule has 0 fully saturated rings. The normalized spacial score (nSPS) is 11.1. The van der Waals surface area contributed by atoms with Crippen LogP contribution in [0, 0.1) is 18.3 Å². The first kappa shape index (κ1) is 12.8. The first-order valence-corrected chi connectivity index (χ1v) is 5.14. The van der Waals surface area contributed by atoms with Crippen molar-refractivity contribution in [1.82, 2.24) is 10.5 Å². The molecule has 0 aliphatic carbocycles. The van der Waals surface area contributed by atoms with E-state index in [0.717, 1.165) is 0 Å². The highest BCUT2D eigenvalue weighted by Gasteiger charge is 2.09. The van der Waals surface area contributed by atoms with Crippen molar-refractivity contribution < 1.29 is 9.32 Å². The van der Waals surface area contributed by atoms with Crippen LogP contribution < -0.4 is 10.6 Å². The second kappa shape index (κ2) is 5.70. The Labute approximate surface area is 99.3 Å². The average Bonchev–Trinajstić information content (AvgIpc) is 2.64. The highest BCUT2D eigenvalue weighted by Crippen LogP contribution is 2.07. The zero-order valence-electron chi connectivity index (χ0n) is 9.94. The van der Waals surface area contributed by atoms with Gasteiger partial charge in [0.25, 0.3) is 5.91 Å². The number of hydrogen-bond donors (Lipinski definition) is 2. The number of rotatable bonds is 4. The fourth-order valence-corrected chi connectivity index (χ4v) is 1.07. The molecule has 1 aromatic rings. The van der Waals surface area contributed by atoms with E-state index >= 15 is 0 Å². The third-order valence-corrected chi connectivity index (χ3v) is 1.78. The Hall–Kier alpha value is -2.29.